The number of carbonyl (C=O) groups excluding carboxylic acids is 2. The molecule has 27 heavy (non-hydrogen) atoms. The minimum Gasteiger partial charge on any atom is -0.459 e. The molecule has 0 spiro atoms. The van der Waals surface area contributed by atoms with Gasteiger partial charge in [-0.25, -0.2) is 4.79 Å². The Morgan fingerprint density at radius 2 is 2.11 bits per heavy atom. The largest absolute Gasteiger partial charge is 0.459 e. The van der Waals surface area contributed by atoms with E-state index in [0.29, 0.717) is 38.5 Å². The number of hydrogen-bond acceptors (Lipinski definition) is 5. The number of furan rings is 1. The van der Waals surface area contributed by atoms with E-state index in [-0.39, 0.29) is 18.0 Å². The van der Waals surface area contributed by atoms with E-state index < -0.39 is 0 Å². The summed E-state index contributed by atoms with van der Waals surface area (Å²) in [6.45, 7) is 9.64. The molecule has 0 radical (unpaired) electrons. The number of carbonyl (C=O) groups is 2. The lowest BCUT2D eigenvalue weighted by molar-refractivity contribution is -0.0298. The number of morpholine rings is 1. The van der Waals surface area contributed by atoms with Crippen LogP contribution in [0.15, 0.2) is 35.5 Å². The summed E-state index contributed by atoms with van der Waals surface area (Å²) in [4.78, 5) is 30.5. The second-order valence-electron chi connectivity index (χ2n) is 6.84. The van der Waals surface area contributed by atoms with Crippen molar-refractivity contribution in [2.24, 2.45) is 0 Å². The van der Waals surface area contributed by atoms with Crippen LogP contribution < -0.4 is 5.32 Å². The fourth-order valence-corrected chi connectivity index (χ4v) is 3.49. The lowest BCUT2D eigenvalue weighted by Crippen LogP contribution is -2.52. The Morgan fingerprint density at radius 3 is 2.89 bits per heavy atom. The summed E-state index contributed by atoms with van der Waals surface area (Å²) in [6, 6.07) is 3.36. The average molecular weight is 376 g/mol. The van der Waals surface area contributed by atoms with Crippen molar-refractivity contribution in [3.8, 4) is 0 Å². The standard InChI is InChI=1S/C19H28N4O4/c1-2-6-20-19(25)23-11-13-26-16(15-23)14-21-7-4-8-22(10-9-21)18(24)17-5-3-12-27-17/h2-3,5,12,16H,1,4,6-11,13-15H2,(H,20,25)/t16-/m1/s1. The van der Waals surface area contributed by atoms with Crippen LogP contribution in [0, 0.1) is 0 Å². The van der Waals surface area contributed by atoms with Crippen LogP contribution in [-0.2, 0) is 4.74 Å². The summed E-state index contributed by atoms with van der Waals surface area (Å²) in [6.07, 6.45) is 4.08. The summed E-state index contributed by atoms with van der Waals surface area (Å²) < 4.78 is 11.1. The van der Waals surface area contributed by atoms with Gasteiger partial charge in [-0.05, 0) is 25.1 Å². The van der Waals surface area contributed by atoms with Gasteiger partial charge in [0.15, 0.2) is 5.76 Å². The van der Waals surface area contributed by atoms with Gasteiger partial charge >= 0.3 is 6.03 Å². The monoisotopic (exact) mass is 376 g/mol. The van der Waals surface area contributed by atoms with E-state index in [9.17, 15) is 9.59 Å². The Balaban J connectivity index is 1.47. The van der Waals surface area contributed by atoms with E-state index in [1.54, 1.807) is 23.1 Å². The second kappa shape index (κ2) is 9.57. The molecule has 1 aromatic heterocycles. The maximum absolute atomic E-state index is 12.4. The van der Waals surface area contributed by atoms with Crippen LogP contribution in [0.3, 0.4) is 0 Å². The van der Waals surface area contributed by atoms with E-state index in [4.69, 9.17) is 9.15 Å². The van der Waals surface area contributed by atoms with Gasteiger partial charge < -0.3 is 24.3 Å². The zero-order valence-electron chi connectivity index (χ0n) is 15.6. The van der Waals surface area contributed by atoms with Gasteiger partial charge in [0.1, 0.15) is 0 Å². The molecule has 0 unspecified atom stereocenters. The third-order valence-electron chi connectivity index (χ3n) is 4.89. The van der Waals surface area contributed by atoms with E-state index >= 15 is 0 Å². The van der Waals surface area contributed by atoms with Crippen molar-refractivity contribution in [1.82, 2.24) is 20.0 Å². The molecule has 3 rings (SSSR count). The lowest BCUT2D eigenvalue weighted by Gasteiger charge is -2.35. The maximum atomic E-state index is 12.4. The third kappa shape index (κ3) is 5.33. The molecule has 3 amide bonds. The predicted octanol–water partition coefficient (Wildman–Crippen LogP) is 1.02. The minimum atomic E-state index is -0.0747. The molecule has 0 aliphatic carbocycles. The molecular formula is C19H28N4O4. The summed E-state index contributed by atoms with van der Waals surface area (Å²) in [5.74, 6) is 0.334. The fourth-order valence-electron chi connectivity index (χ4n) is 3.49. The van der Waals surface area contributed by atoms with Gasteiger partial charge in [-0.15, -0.1) is 6.58 Å². The SMILES string of the molecule is C=CCNC(=O)N1CCO[C@H](CN2CCCN(C(=O)c3ccco3)CC2)C1. The average Bonchev–Trinajstić information content (AvgIpc) is 3.13. The van der Waals surface area contributed by atoms with Crippen molar-refractivity contribution in [1.29, 1.82) is 0 Å². The van der Waals surface area contributed by atoms with Gasteiger partial charge in [-0.1, -0.05) is 6.08 Å². The topological polar surface area (TPSA) is 78.3 Å². The Hall–Kier alpha value is -2.32. The van der Waals surface area contributed by atoms with Crippen LogP contribution in [0.2, 0.25) is 0 Å². The molecule has 148 valence electrons. The van der Waals surface area contributed by atoms with Gasteiger partial charge in [-0.3, -0.25) is 9.69 Å². The number of ether oxygens (including phenoxy) is 1. The zero-order chi connectivity index (χ0) is 19.1. The van der Waals surface area contributed by atoms with E-state index in [1.165, 1.54) is 6.26 Å². The van der Waals surface area contributed by atoms with Crippen molar-refractivity contribution < 1.29 is 18.7 Å². The van der Waals surface area contributed by atoms with Crippen LogP contribution in [0.1, 0.15) is 17.0 Å². The first-order valence-electron chi connectivity index (χ1n) is 9.48. The van der Waals surface area contributed by atoms with Crippen molar-refractivity contribution in [3.63, 3.8) is 0 Å². The molecule has 1 atom stereocenters. The first kappa shape index (κ1) is 19.4. The van der Waals surface area contributed by atoms with Crippen LogP contribution >= 0.6 is 0 Å². The maximum Gasteiger partial charge on any atom is 0.317 e. The molecule has 0 aromatic carbocycles. The highest BCUT2D eigenvalue weighted by molar-refractivity contribution is 5.91. The Labute approximate surface area is 159 Å². The summed E-state index contributed by atoms with van der Waals surface area (Å²) in [5, 5.41) is 2.81. The van der Waals surface area contributed by atoms with Crippen LogP contribution in [-0.4, -0.2) is 91.7 Å². The molecule has 2 aliphatic heterocycles. The highest BCUT2D eigenvalue weighted by Crippen LogP contribution is 2.12. The molecule has 8 nitrogen and oxygen atoms in total. The van der Waals surface area contributed by atoms with Crippen molar-refractivity contribution in [2.75, 3.05) is 59.0 Å². The van der Waals surface area contributed by atoms with E-state index in [1.807, 2.05) is 4.90 Å². The third-order valence-corrected chi connectivity index (χ3v) is 4.89. The van der Waals surface area contributed by atoms with Crippen LogP contribution in [0.25, 0.3) is 0 Å². The molecular weight excluding hydrogens is 348 g/mol. The number of hydrogen-bond donors (Lipinski definition) is 1. The summed E-state index contributed by atoms with van der Waals surface area (Å²) in [7, 11) is 0. The normalized spacial score (nSPS) is 21.6. The molecule has 3 heterocycles. The second-order valence-corrected chi connectivity index (χ2v) is 6.84. The van der Waals surface area contributed by atoms with E-state index in [2.05, 4.69) is 16.8 Å². The Bertz CT molecular complexity index is 634. The van der Waals surface area contributed by atoms with Crippen LogP contribution in [0.5, 0.6) is 0 Å². The molecule has 0 bridgehead atoms. The van der Waals surface area contributed by atoms with Crippen molar-refractivity contribution in [3.05, 3.63) is 36.8 Å². The fraction of sp³-hybridized carbons (Fsp3) is 0.579. The first-order chi connectivity index (χ1) is 13.2. The molecule has 1 N–H and O–H groups in total. The smallest absolute Gasteiger partial charge is 0.317 e. The molecule has 2 fully saturated rings. The quantitative estimate of drug-likeness (QED) is 0.777. The minimum absolute atomic E-state index is 0.0134. The van der Waals surface area contributed by atoms with Gasteiger partial charge in [0.05, 0.1) is 19.0 Å². The summed E-state index contributed by atoms with van der Waals surface area (Å²) >= 11 is 0. The number of nitrogens with one attached hydrogen (secondary N) is 1. The predicted molar refractivity (Wildman–Crippen MR) is 101 cm³/mol. The van der Waals surface area contributed by atoms with Gasteiger partial charge in [0, 0.05) is 45.8 Å². The van der Waals surface area contributed by atoms with Gasteiger partial charge in [-0.2, -0.15) is 0 Å². The molecule has 8 heteroatoms. The van der Waals surface area contributed by atoms with Crippen LogP contribution in [0.4, 0.5) is 4.79 Å². The Kier molecular flexibility index (Phi) is 6.89. The van der Waals surface area contributed by atoms with E-state index in [0.717, 1.165) is 32.6 Å². The van der Waals surface area contributed by atoms with Gasteiger partial charge in [0.2, 0.25) is 0 Å². The van der Waals surface area contributed by atoms with Crippen molar-refractivity contribution in [2.45, 2.75) is 12.5 Å². The first-order valence-corrected chi connectivity index (χ1v) is 9.48. The lowest BCUT2D eigenvalue weighted by atomic mass is 10.2. The molecule has 1 aromatic rings. The highest BCUT2D eigenvalue weighted by atomic mass is 16.5. The summed E-state index contributed by atoms with van der Waals surface area (Å²) in [5.41, 5.74) is 0. The number of nitrogens with zero attached hydrogens (tertiary/aromatic N) is 3. The van der Waals surface area contributed by atoms with Gasteiger partial charge in [0.25, 0.3) is 5.91 Å². The Morgan fingerprint density at radius 1 is 1.22 bits per heavy atom. The molecule has 2 saturated heterocycles. The molecule has 0 saturated carbocycles. The number of rotatable bonds is 5. The molecule has 2 aliphatic rings. The highest BCUT2D eigenvalue weighted by Gasteiger charge is 2.27. The van der Waals surface area contributed by atoms with Crippen molar-refractivity contribution >= 4 is 11.9 Å². The number of urea groups is 1. The zero-order valence-corrected chi connectivity index (χ0v) is 15.6. The number of amides is 3.